The van der Waals surface area contributed by atoms with Crippen molar-refractivity contribution >= 4 is 50.2 Å². The molecule has 3 aromatic rings. The summed E-state index contributed by atoms with van der Waals surface area (Å²) in [6.07, 6.45) is 0.622. The quantitative estimate of drug-likeness (QED) is 0.290. The number of halogens is 2. The van der Waals surface area contributed by atoms with Crippen molar-refractivity contribution in [1.82, 2.24) is 4.98 Å². The number of esters is 1. The van der Waals surface area contributed by atoms with E-state index in [0.29, 0.717) is 17.1 Å². The molecule has 0 saturated carbocycles. The Balaban J connectivity index is 1.59. The number of hydrogen-bond donors (Lipinski definition) is 1. The van der Waals surface area contributed by atoms with E-state index in [4.69, 9.17) is 10.5 Å². The third-order valence-corrected chi connectivity index (χ3v) is 8.78. The second-order valence-electron chi connectivity index (χ2n) is 10.7. The van der Waals surface area contributed by atoms with Crippen LogP contribution in [0.2, 0.25) is 0 Å². The third-order valence-electron chi connectivity index (χ3n) is 6.65. The lowest BCUT2D eigenvalue weighted by Gasteiger charge is -2.41. The van der Waals surface area contributed by atoms with Crippen LogP contribution in [0.15, 0.2) is 35.2 Å². The molecule has 0 bridgehead atoms. The molecule has 1 aromatic heterocycles. The fourth-order valence-corrected chi connectivity index (χ4v) is 6.69. The van der Waals surface area contributed by atoms with Gasteiger partial charge in [-0.3, -0.25) is 9.59 Å². The van der Waals surface area contributed by atoms with Gasteiger partial charge >= 0.3 is 5.97 Å². The molecule has 2 aromatic carbocycles. The fraction of sp³-hybridized carbons (Fsp3) is 0.444. The van der Waals surface area contributed by atoms with Crippen LogP contribution in [0.25, 0.3) is 10.2 Å². The predicted molar refractivity (Wildman–Crippen MR) is 140 cm³/mol. The summed E-state index contributed by atoms with van der Waals surface area (Å²) in [6, 6.07) is 7.26. The highest BCUT2D eigenvalue weighted by Crippen LogP contribution is 2.43. The van der Waals surface area contributed by atoms with E-state index >= 15 is 0 Å². The molecule has 192 valence electrons. The minimum Gasteiger partial charge on any atom is -0.457 e. The van der Waals surface area contributed by atoms with Crippen LogP contribution >= 0.6 is 23.1 Å². The van der Waals surface area contributed by atoms with Crippen molar-refractivity contribution in [2.24, 2.45) is 5.92 Å². The van der Waals surface area contributed by atoms with Crippen LogP contribution in [0.5, 0.6) is 0 Å². The van der Waals surface area contributed by atoms with Gasteiger partial charge in [-0.05, 0) is 59.6 Å². The first-order chi connectivity index (χ1) is 16.8. The highest BCUT2D eigenvalue weighted by molar-refractivity contribution is 8.01. The van der Waals surface area contributed by atoms with Crippen LogP contribution < -0.4 is 5.73 Å². The number of ketones is 1. The monoisotopic (exact) mass is 532 g/mol. The summed E-state index contributed by atoms with van der Waals surface area (Å²) in [7, 11) is 0. The van der Waals surface area contributed by atoms with E-state index in [1.54, 1.807) is 0 Å². The van der Waals surface area contributed by atoms with Crippen molar-refractivity contribution in [3.63, 3.8) is 0 Å². The molecule has 2 heterocycles. The maximum atomic E-state index is 13.7. The van der Waals surface area contributed by atoms with Crippen molar-refractivity contribution in [1.29, 1.82) is 0 Å². The summed E-state index contributed by atoms with van der Waals surface area (Å²) in [4.78, 5) is 31.9. The molecule has 1 saturated heterocycles. The van der Waals surface area contributed by atoms with Gasteiger partial charge in [-0.15, -0.1) is 11.8 Å². The van der Waals surface area contributed by atoms with Gasteiger partial charge in [-0.2, -0.15) is 0 Å². The molecule has 0 radical (unpaired) electrons. The number of cyclic esters (lactones) is 1. The number of carbonyl (C=O) groups is 2. The Bertz CT molecular complexity index is 1290. The topological polar surface area (TPSA) is 82.3 Å². The minimum absolute atomic E-state index is 0.0481. The Hall–Kier alpha value is -2.52. The second-order valence-corrected chi connectivity index (χ2v) is 12.9. The van der Waals surface area contributed by atoms with Crippen LogP contribution in [0.4, 0.5) is 13.9 Å². The molecule has 1 aliphatic rings. The maximum Gasteiger partial charge on any atom is 0.327 e. The smallest absolute Gasteiger partial charge is 0.327 e. The third kappa shape index (κ3) is 5.42. The fourth-order valence-electron chi connectivity index (χ4n) is 4.57. The van der Waals surface area contributed by atoms with Gasteiger partial charge in [0, 0.05) is 17.4 Å². The number of Topliss-reactive ketones (excluding diaryl/α,β-unsaturated/α-hetero) is 1. The molecule has 0 spiro atoms. The predicted octanol–water partition coefficient (Wildman–Crippen LogP) is 6.46. The zero-order chi connectivity index (χ0) is 26.4. The van der Waals surface area contributed by atoms with Gasteiger partial charge in [0.1, 0.15) is 17.2 Å². The zero-order valence-corrected chi connectivity index (χ0v) is 22.6. The number of carbonyl (C=O) groups excluding carboxylic acids is 2. The summed E-state index contributed by atoms with van der Waals surface area (Å²) >= 11 is 2.56. The molecule has 0 aliphatic carbocycles. The molecule has 4 rings (SSSR count). The largest absolute Gasteiger partial charge is 0.457 e. The van der Waals surface area contributed by atoms with Crippen molar-refractivity contribution in [2.45, 2.75) is 75.0 Å². The number of rotatable bonds is 6. The number of benzene rings is 2. The Kier molecular flexibility index (Phi) is 7.18. The normalized spacial score (nSPS) is 20.8. The summed E-state index contributed by atoms with van der Waals surface area (Å²) < 4.78 is 34.2. The lowest BCUT2D eigenvalue weighted by Crippen LogP contribution is -2.52. The Morgan fingerprint density at radius 2 is 1.83 bits per heavy atom. The molecular formula is C27H30F2N2O3S2. The van der Waals surface area contributed by atoms with Crippen LogP contribution in [0.1, 0.15) is 58.6 Å². The summed E-state index contributed by atoms with van der Waals surface area (Å²) in [5, 5.41) is -0.535. The highest BCUT2D eigenvalue weighted by atomic mass is 32.2. The number of thiazole rings is 1. The molecular weight excluding hydrogens is 502 g/mol. The number of hydrogen-bond acceptors (Lipinski definition) is 7. The van der Waals surface area contributed by atoms with Crippen molar-refractivity contribution in [3.05, 3.63) is 53.1 Å². The number of nitrogens with two attached hydrogens (primary N) is 1. The van der Waals surface area contributed by atoms with Crippen molar-refractivity contribution in [2.75, 3.05) is 5.73 Å². The lowest BCUT2D eigenvalue weighted by atomic mass is 9.78. The van der Waals surface area contributed by atoms with E-state index in [-0.39, 0.29) is 30.0 Å². The average molecular weight is 533 g/mol. The first kappa shape index (κ1) is 26.5. The van der Waals surface area contributed by atoms with Gasteiger partial charge in [-0.25, -0.2) is 13.8 Å². The molecule has 36 heavy (non-hydrogen) atoms. The van der Waals surface area contributed by atoms with E-state index < -0.39 is 28.5 Å². The number of nitrogens with zero attached hydrogens (tertiary/aromatic N) is 1. The molecule has 9 heteroatoms. The highest BCUT2D eigenvalue weighted by Gasteiger charge is 2.49. The zero-order valence-electron chi connectivity index (χ0n) is 21.0. The first-order valence-corrected chi connectivity index (χ1v) is 13.5. The molecule has 2 atom stereocenters. The van der Waals surface area contributed by atoms with E-state index in [9.17, 15) is 18.4 Å². The number of aromatic nitrogens is 1. The number of ether oxygens (including phenoxy) is 1. The van der Waals surface area contributed by atoms with Gasteiger partial charge in [0.15, 0.2) is 16.2 Å². The van der Waals surface area contributed by atoms with E-state index in [2.05, 4.69) is 25.8 Å². The summed E-state index contributed by atoms with van der Waals surface area (Å²) in [6.45, 7) is 9.97. The average Bonchev–Trinajstić information content (AvgIpc) is 3.11. The standard InChI is InChI=1S/C27H30F2N2O3S2/c1-14(2)27(7-6-15-8-16(28)10-17(29)9-15)13-20(32)23(24(33)34-27)35-21-12-22-19(31-25(30)36-22)11-18(21)26(3,4)5/h8-12,14,23H,6-7,13H2,1-5H3,(H2,30,31)/t23?,27-/m0/s1. The van der Waals surface area contributed by atoms with Crippen molar-refractivity contribution < 1.29 is 23.1 Å². The number of anilines is 1. The number of fused-ring (bicyclic) bond motifs is 1. The van der Waals surface area contributed by atoms with Crippen LogP contribution in [0.3, 0.4) is 0 Å². The molecule has 1 aliphatic heterocycles. The minimum atomic E-state index is -1.03. The number of nitrogen functional groups attached to an aromatic ring is 1. The van der Waals surface area contributed by atoms with Crippen LogP contribution in [-0.2, 0) is 26.2 Å². The lowest BCUT2D eigenvalue weighted by molar-refractivity contribution is -0.176. The molecule has 1 fully saturated rings. The van der Waals surface area contributed by atoms with E-state index in [1.165, 1.54) is 35.2 Å². The van der Waals surface area contributed by atoms with Gasteiger partial charge in [-0.1, -0.05) is 46.0 Å². The van der Waals surface area contributed by atoms with Crippen molar-refractivity contribution in [3.8, 4) is 0 Å². The SMILES string of the molecule is CC(C)[C@]1(CCc2cc(F)cc(F)c2)CC(=O)C(Sc2cc3sc(N)nc3cc2C(C)(C)C)C(=O)O1. The van der Waals surface area contributed by atoms with E-state index in [0.717, 1.165) is 26.7 Å². The molecule has 1 unspecified atom stereocenters. The Labute approximate surface area is 217 Å². The summed E-state index contributed by atoms with van der Waals surface area (Å²) in [5.41, 5.74) is 6.84. The second kappa shape index (κ2) is 9.74. The Morgan fingerprint density at radius 3 is 2.42 bits per heavy atom. The molecule has 2 N–H and O–H groups in total. The van der Waals surface area contributed by atoms with Gasteiger partial charge < -0.3 is 10.5 Å². The molecule has 0 amide bonds. The van der Waals surface area contributed by atoms with Crippen LogP contribution in [0, 0.1) is 17.6 Å². The first-order valence-electron chi connectivity index (χ1n) is 11.9. The number of thioether (sulfide) groups is 1. The Morgan fingerprint density at radius 1 is 1.17 bits per heavy atom. The van der Waals surface area contributed by atoms with Gasteiger partial charge in [0.2, 0.25) is 0 Å². The van der Waals surface area contributed by atoms with E-state index in [1.807, 2.05) is 26.0 Å². The van der Waals surface area contributed by atoms with Gasteiger partial charge in [0.05, 0.1) is 10.2 Å². The maximum absolute atomic E-state index is 13.7. The van der Waals surface area contributed by atoms with Gasteiger partial charge in [0.25, 0.3) is 0 Å². The number of aryl methyl sites for hydroxylation is 1. The van der Waals surface area contributed by atoms with Crippen LogP contribution in [-0.4, -0.2) is 27.6 Å². The summed E-state index contributed by atoms with van der Waals surface area (Å²) in [5.74, 6) is -2.27. The molecule has 5 nitrogen and oxygen atoms in total.